The van der Waals surface area contributed by atoms with Crippen LogP contribution in [0.1, 0.15) is 32.6 Å². The molecule has 0 aromatic heterocycles. The zero-order chi connectivity index (χ0) is 23.7. The molecule has 2 aromatic rings. The van der Waals surface area contributed by atoms with Crippen LogP contribution in [0.3, 0.4) is 0 Å². The van der Waals surface area contributed by atoms with Crippen molar-refractivity contribution in [3.05, 3.63) is 54.6 Å². The quantitative estimate of drug-likeness (QED) is 0.550. The van der Waals surface area contributed by atoms with Crippen molar-refractivity contribution in [1.82, 2.24) is 4.90 Å². The summed E-state index contributed by atoms with van der Waals surface area (Å²) in [6.07, 6.45) is 2.05. The Balaban J connectivity index is 1.40. The molecule has 2 N–H and O–H groups in total. The molecule has 2 aromatic carbocycles. The Morgan fingerprint density at radius 2 is 1.64 bits per heavy atom. The zero-order valence-corrected chi connectivity index (χ0v) is 19.6. The largest absolute Gasteiger partial charge is 0.493 e. The summed E-state index contributed by atoms with van der Waals surface area (Å²) in [6.45, 7) is 3.22. The minimum atomic E-state index is -3.35. The van der Waals surface area contributed by atoms with Gasteiger partial charge in [0.2, 0.25) is 21.8 Å². The van der Waals surface area contributed by atoms with Crippen LogP contribution >= 0.6 is 0 Å². The van der Waals surface area contributed by atoms with Crippen molar-refractivity contribution in [2.45, 2.75) is 32.6 Å². The molecule has 1 saturated heterocycles. The van der Waals surface area contributed by atoms with Crippen molar-refractivity contribution in [1.29, 1.82) is 0 Å². The van der Waals surface area contributed by atoms with Crippen LogP contribution < -0.4 is 14.8 Å². The van der Waals surface area contributed by atoms with Gasteiger partial charge < -0.3 is 15.0 Å². The van der Waals surface area contributed by atoms with Gasteiger partial charge >= 0.3 is 0 Å². The predicted octanol–water partition coefficient (Wildman–Crippen LogP) is 3.48. The summed E-state index contributed by atoms with van der Waals surface area (Å²) >= 11 is 0. The maximum atomic E-state index is 12.6. The third-order valence-electron chi connectivity index (χ3n) is 5.44. The Morgan fingerprint density at radius 3 is 2.27 bits per heavy atom. The van der Waals surface area contributed by atoms with Gasteiger partial charge in [0.05, 0.1) is 18.8 Å². The van der Waals surface area contributed by atoms with E-state index in [1.54, 1.807) is 36.1 Å². The molecule has 2 amide bonds. The topological polar surface area (TPSA) is 105 Å². The number of ether oxygens (including phenoxy) is 1. The number of amides is 2. The summed E-state index contributed by atoms with van der Waals surface area (Å²) in [4.78, 5) is 26.8. The van der Waals surface area contributed by atoms with Gasteiger partial charge in [0.1, 0.15) is 5.75 Å². The third-order valence-corrected chi connectivity index (χ3v) is 6.94. The summed E-state index contributed by atoms with van der Waals surface area (Å²) in [5.41, 5.74) is 1.07. The van der Waals surface area contributed by atoms with Crippen molar-refractivity contribution in [2.24, 2.45) is 5.92 Å². The van der Waals surface area contributed by atoms with Crippen LogP contribution in [-0.4, -0.2) is 50.6 Å². The molecule has 1 aliphatic heterocycles. The minimum Gasteiger partial charge on any atom is -0.493 e. The first-order valence-electron chi connectivity index (χ1n) is 11.2. The second kappa shape index (κ2) is 11.7. The number of benzene rings is 2. The van der Waals surface area contributed by atoms with Crippen molar-refractivity contribution in [3.63, 3.8) is 0 Å². The van der Waals surface area contributed by atoms with Crippen molar-refractivity contribution in [3.8, 4) is 5.75 Å². The van der Waals surface area contributed by atoms with E-state index in [2.05, 4.69) is 10.0 Å². The van der Waals surface area contributed by atoms with E-state index in [0.29, 0.717) is 56.8 Å². The maximum Gasteiger partial charge on any atom is 0.232 e. The average Bonchev–Trinajstić information content (AvgIpc) is 2.81. The van der Waals surface area contributed by atoms with E-state index < -0.39 is 10.0 Å². The number of sulfonamides is 1. The van der Waals surface area contributed by atoms with E-state index in [9.17, 15) is 18.0 Å². The maximum absolute atomic E-state index is 12.6. The van der Waals surface area contributed by atoms with Crippen LogP contribution in [0.4, 0.5) is 11.4 Å². The highest BCUT2D eigenvalue weighted by molar-refractivity contribution is 7.92. The van der Waals surface area contributed by atoms with Gasteiger partial charge in [-0.15, -0.1) is 0 Å². The highest BCUT2D eigenvalue weighted by Gasteiger charge is 2.27. The molecule has 3 rings (SSSR count). The number of rotatable bonds is 10. The van der Waals surface area contributed by atoms with Crippen molar-refractivity contribution in [2.75, 3.05) is 35.5 Å². The fourth-order valence-electron chi connectivity index (χ4n) is 3.69. The van der Waals surface area contributed by atoms with Crippen LogP contribution in [0.5, 0.6) is 5.75 Å². The Morgan fingerprint density at radius 1 is 1.00 bits per heavy atom. The molecule has 0 aliphatic carbocycles. The Bertz CT molecular complexity index is 1020. The zero-order valence-electron chi connectivity index (χ0n) is 18.8. The van der Waals surface area contributed by atoms with Crippen LogP contribution in [0.2, 0.25) is 0 Å². The number of hydrogen-bond acceptors (Lipinski definition) is 5. The lowest BCUT2D eigenvalue weighted by atomic mass is 9.95. The standard InChI is InChI=1S/C24H31N3O5S/c1-2-18-33(30,31)26-21-10-8-20(9-11-21)25-24(29)19-12-15-27(16-13-19)23(28)14-17-32-22-6-4-3-5-7-22/h3-11,19,26H,2,12-18H2,1H3,(H,25,29). The van der Waals surface area contributed by atoms with Gasteiger partial charge in [-0.25, -0.2) is 8.42 Å². The van der Waals surface area contributed by atoms with E-state index in [-0.39, 0.29) is 23.5 Å². The number of nitrogens with zero attached hydrogens (tertiary/aromatic N) is 1. The molecule has 0 radical (unpaired) electrons. The number of nitrogens with one attached hydrogen (secondary N) is 2. The lowest BCUT2D eigenvalue weighted by molar-refractivity contribution is -0.135. The summed E-state index contributed by atoms with van der Waals surface area (Å²) in [5.74, 6) is 0.580. The number of piperidine rings is 1. The molecule has 0 unspecified atom stereocenters. The summed E-state index contributed by atoms with van der Waals surface area (Å²) < 4.78 is 31.8. The molecule has 0 atom stereocenters. The number of anilines is 2. The van der Waals surface area contributed by atoms with Crippen LogP contribution in [0.15, 0.2) is 54.6 Å². The average molecular weight is 474 g/mol. The van der Waals surface area contributed by atoms with Gasteiger partial charge in [0, 0.05) is 30.4 Å². The molecule has 9 heteroatoms. The Labute approximate surface area is 195 Å². The number of carbonyl (C=O) groups excluding carboxylic acids is 2. The van der Waals surface area contributed by atoms with E-state index >= 15 is 0 Å². The first kappa shape index (κ1) is 24.6. The molecule has 8 nitrogen and oxygen atoms in total. The summed E-state index contributed by atoms with van der Waals surface area (Å²) in [5, 5.41) is 2.88. The van der Waals surface area contributed by atoms with Crippen LogP contribution in [0.25, 0.3) is 0 Å². The molecule has 33 heavy (non-hydrogen) atoms. The highest BCUT2D eigenvalue weighted by Crippen LogP contribution is 2.21. The first-order chi connectivity index (χ1) is 15.9. The second-order valence-electron chi connectivity index (χ2n) is 8.05. The normalized spacial score (nSPS) is 14.5. The fourth-order valence-corrected chi connectivity index (χ4v) is 4.82. The molecule has 0 saturated carbocycles. The van der Waals surface area contributed by atoms with E-state index in [4.69, 9.17) is 4.74 Å². The minimum absolute atomic E-state index is 0.0332. The lowest BCUT2D eigenvalue weighted by Gasteiger charge is -2.31. The summed E-state index contributed by atoms with van der Waals surface area (Å²) in [6, 6.07) is 16.0. The smallest absolute Gasteiger partial charge is 0.232 e. The van der Waals surface area contributed by atoms with Gasteiger partial charge in [0.15, 0.2) is 0 Å². The predicted molar refractivity (Wildman–Crippen MR) is 129 cm³/mol. The molecular weight excluding hydrogens is 442 g/mol. The highest BCUT2D eigenvalue weighted by atomic mass is 32.2. The van der Waals surface area contributed by atoms with Gasteiger partial charge in [-0.05, 0) is 55.7 Å². The van der Waals surface area contributed by atoms with Gasteiger partial charge in [-0.1, -0.05) is 25.1 Å². The molecule has 1 heterocycles. The number of hydrogen-bond donors (Lipinski definition) is 2. The molecule has 0 spiro atoms. The van der Waals surface area contributed by atoms with E-state index in [1.807, 2.05) is 30.3 Å². The molecule has 1 aliphatic rings. The van der Waals surface area contributed by atoms with Crippen molar-refractivity contribution >= 4 is 33.2 Å². The molecular formula is C24H31N3O5S. The van der Waals surface area contributed by atoms with Crippen molar-refractivity contribution < 1.29 is 22.7 Å². The summed E-state index contributed by atoms with van der Waals surface area (Å²) in [7, 11) is -3.35. The number of para-hydroxylation sites is 1. The Kier molecular flexibility index (Phi) is 8.71. The monoisotopic (exact) mass is 473 g/mol. The lowest BCUT2D eigenvalue weighted by Crippen LogP contribution is -2.41. The third kappa shape index (κ3) is 7.78. The first-order valence-corrected chi connectivity index (χ1v) is 12.9. The molecule has 0 bridgehead atoms. The second-order valence-corrected chi connectivity index (χ2v) is 9.90. The number of carbonyl (C=O) groups is 2. The Hall–Kier alpha value is -3.07. The number of likely N-dealkylation sites (tertiary alicyclic amines) is 1. The fraction of sp³-hybridized carbons (Fsp3) is 0.417. The van der Waals surface area contributed by atoms with Gasteiger partial charge in [0.25, 0.3) is 0 Å². The van der Waals surface area contributed by atoms with Crippen LogP contribution in [0, 0.1) is 5.92 Å². The van der Waals surface area contributed by atoms with Crippen LogP contribution in [-0.2, 0) is 19.6 Å². The van der Waals surface area contributed by atoms with Gasteiger partial charge in [-0.2, -0.15) is 0 Å². The molecule has 1 fully saturated rings. The van der Waals surface area contributed by atoms with Gasteiger partial charge in [-0.3, -0.25) is 14.3 Å². The van der Waals surface area contributed by atoms with E-state index in [1.165, 1.54) is 0 Å². The SMILES string of the molecule is CCCS(=O)(=O)Nc1ccc(NC(=O)C2CCN(C(=O)CCOc3ccccc3)CC2)cc1. The molecule has 178 valence electrons. The van der Waals surface area contributed by atoms with E-state index in [0.717, 1.165) is 5.75 Å².